The van der Waals surface area contributed by atoms with Crippen LogP contribution in [0.5, 0.6) is 0 Å². The third-order valence-electron chi connectivity index (χ3n) is 9.71. The quantitative estimate of drug-likeness (QED) is 0.0655. The predicted molar refractivity (Wildman–Crippen MR) is 310 cm³/mol. The SMILES string of the molecule is C[SiH](C)OC(O[SiH](C)C)(O[SiH](C)C)[Si](C)(CCC[SiH3])O[Si](C)(O[Si](C)(CCC[SiH3])C(O[SiH](C)C)(O[SiH](C)C)O[SiH](C)C)O[Si](C)(CCC[SiH3])C(O[SiH](C)C)(O[SiH](C)C)O[SiH](C)C. The van der Waals surface area contributed by atoms with E-state index in [-0.39, 0.29) is 0 Å². The zero-order valence-corrected chi connectivity index (χ0v) is 65.4. The van der Waals surface area contributed by atoms with Crippen LogP contribution >= 0.6 is 0 Å². The van der Waals surface area contributed by atoms with E-state index in [1.54, 1.807) is 0 Å². The first-order valence-corrected chi connectivity index (χ1v) is 63.8. The Labute approximate surface area is 411 Å². The monoisotopic (exact) mass is 1150 g/mol. The summed E-state index contributed by atoms with van der Waals surface area (Å²) < 4.78 is 89.9. The Kier molecular flexibility index (Phi) is 30.8. The van der Waals surface area contributed by atoms with Crippen molar-refractivity contribution in [3.63, 3.8) is 0 Å². The molecular formula is C34H102O12Si16. The topological polar surface area (TPSA) is 111 Å². The summed E-state index contributed by atoms with van der Waals surface area (Å²) in [4.78, 5) is 0. The zero-order valence-electron chi connectivity index (χ0n) is 45.0. The van der Waals surface area contributed by atoms with Crippen molar-refractivity contribution in [2.45, 2.75) is 216 Å². The highest BCUT2D eigenvalue weighted by molar-refractivity contribution is 6.93. The van der Waals surface area contributed by atoms with Crippen molar-refractivity contribution in [1.29, 1.82) is 0 Å². The van der Waals surface area contributed by atoms with Gasteiger partial charge in [-0.25, -0.2) is 0 Å². The van der Waals surface area contributed by atoms with Crippen LogP contribution in [0.1, 0.15) is 19.3 Å². The smallest absolute Gasteiger partial charge is 0.409 e. The van der Waals surface area contributed by atoms with E-state index in [0.717, 1.165) is 86.3 Å². The average molecular weight is 1150 g/mol. The molecule has 0 fully saturated rings. The van der Waals surface area contributed by atoms with E-state index in [9.17, 15) is 0 Å². The molecule has 0 aromatic rings. The molecule has 3 atom stereocenters. The lowest BCUT2D eigenvalue weighted by atomic mass is 10.6. The molecule has 374 valence electrons. The molecule has 0 rings (SSSR count). The number of hydrogen-bond acceptors (Lipinski definition) is 12. The van der Waals surface area contributed by atoms with Crippen molar-refractivity contribution < 1.29 is 52.2 Å². The Bertz CT molecular complexity index is 1010. The molecule has 0 aliphatic carbocycles. The second-order valence-electron chi connectivity index (χ2n) is 20.3. The minimum Gasteiger partial charge on any atom is -0.409 e. The Morgan fingerprint density at radius 3 is 0.565 bits per heavy atom. The lowest BCUT2D eigenvalue weighted by molar-refractivity contribution is -0.215. The van der Waals surface area contributed by atoms with E-state index in [4.69, 9.17) is 52.2 Å². The van der Waals surface area contributed by atoms with Gasteiger partial charge in [-0.05, 0) is 156 Å². The molecule has 0 saturated carbocycles. The van der Waals surface area contributed by atoms with Crippen LogP contribution in [0.4, 0.5) is 0 Å². The third kappa shape index (κ3) is 20.8. The summed E-state index contributed by atoms with van der Waals surface area (Å²) >= 11 is 0. The van der Waals surface area contributed by atoms with Gasteiger partial charge in [0.1, 0.15) is 0 Å². The highest BCUT2D eigenvalue weighted by Gasteiger charge is 2.69. The van der Waals surface area contributed by atoms with Crippen LogP contribution in [0.2, 0.25) is 180 Å². The predicted octanol–water partition coefficient (Wildman–Crippen LogP) is 4.43. The van der Waals surface area contributed by atoms with Crippen molar-refractivity contribution in [2.75, 3.05) is 0 Å². The molecule has 0 spiro atoms. The molecule has 28 heteroatoms. The standard InChI is InChI=1S/C34H102O12Si16/c1-50(2)35-32(36-51(3)4,37-52(5)6)59(19,29-23-26-47)44-62(22,45-60(20,30-24-27-48)33(38-53(7)8,39-54(9)10)40-55(11)12)46-61(21,31-25-28-49)34(41-56(13)14,42-57(15)16)43-58(17)18/h50-58H,23-31H2,1-22,47-49H3. The minimum atomic E-state index is -3.96. The van der Waals surface area contributed by atoms with Gasteiger partial charge in [0.25, 0.3) is 41.7 Å². The van der Waals surface area contributed by atoms with Crippen LogP contribution < -0.4 is 0 Å². The van der Waals surface area contributed by atoms with E-state index in [1.807, 2.05) is 0 Å². The molecule has 12 nitrogen and oxygen atoms in total. The molecule has 0 aliphatic heterocycles. The van der Waals surface area contributed by atoms with E-state index in [0.29, 0.717) is 0 Å². The normalized spacial score (nSPS) is 17.9. The van der Waals surface area contributed by atoms with Gasteiger partial charge in [0.2, 0.25) is 0 Å². The number of hydrogen-bond donors (Lipinski definition) is 0. The second-order valence-corrected chi connectivity index (χ2v) is 59.2. The van der Waals surface area contributed by atoms with Crippen LogP contribution in [0.25, 0.3) is 0 Å². The maximum atomic E-state index is 8.23. The van der Waals surface area contributed by atoms with Gasteiger partial charge < -0.3 is 52.2 Å². The molecule has 0 bridgehead atoms. The summed E-state index contributed by atoms with van der Waals surface area (Å²) in [6.07, 6.45) is 2.98. The number of rotatable bonds is 36. The van der Waals surface area contributed by atoms with Gasteiger partial charge >= 0.3 is 8.80 Å². The summed E-state index contributed by atoms with van der Waals surface area (Å²) in [6, 6.07) is 5.77. The van der Waals surface area contributed by atoms with Crippen molar-refractivity contribution in [3.8, 4) is 0 Å². The van der Waals surface area contributed by atoms with E-state index in [1.165, 1.54) is 0 Å². The lowest BCUT2D eigenvalue weighted by Gasteiger charge is -2.56. The summed E-state index contributed by atoms with van der Waals surface area (Å²) in [5.74, 6) is 0. The lowest BCUT2D eigenvalue weighted by Crippen LogP contribution is -2.77. The molecule has 0 N–H and O–H groups in total. The average Bonchev–Trinajstić information content (AvgIpc) is 3.05. The van der Waals surface area contributed by atoms with Crippen molar-refractivity contribution in [2.24, 2.45) is 0 Å². The largest absolute Gasteiger partial charge is 0.466 e. The molecule has 0 aliphatic rings. The molecule has 0 aromatic carbocycles. The second kappa shape index (κ2) is 29.4. The molecule has 3 unspecified atom stereocenters. The first-order valence-electron chi connectivity index (χ1n) is 24.5. The molecule has 62 heavy (non-hydrogen) atoms. The van der Waals surface area contributed by atoms with Gasteiger partial charge in [-0.1, -0.05) is 37.4 Å². The highest BCUT2D eigenvalue weighted by atomic mass is 28.5. The van der Waals surface area contributed by atoms with E-state index in [2.05, 4.69) is 144 Å². The van der Waals surface area contributed by atoms with Crippen molar-refractivity contribution in [3.05, 3.63) is 0 Å². The van der Waals surface area contributed by atoms with Crippen LogP contribution in [0, 0.1) is 0 Å². The molecule has 0 heterocycles. The maximum Gasteiger partial charge on any atom is 0.466 e. The summed E-state index contributed by atoms with van der Waals surface area (Å²) in [7, 11) is -26.5. The fourth-order valence-corrected chi connectivity index (χ4v) is 52.1. The van der Waals surface area contributed by atoms with Crippen LogP contribution in [-0.4, -0.2) is 163 Å². The molecule has 0 aromatic heterocycles. The molecule has 0 saturated heterocycles. The Hall–Kier alpha value is 2.99. The maximum absolute atomic E-state index is 8.23. The highest BCUT2D eigenvalue weighted by Crippen LogP contribution is 2.46. The Balaban J connectivity index is 9.23. The minimum absolute atomic E-state index is 0.795. The van der Waals surface area contributed by atoms with Crippen molar-refractivity contribution >= 4 is 146 Å². The van der Waals surface area contributed by atoms with E-state index >= 15 is 0 Å². The molecular weight excluding hydrogens is 1050 g/mol. The van der Waals surface area contributed by atoms with Gasteiger partial charge in [-0.3, -0.25) is 0 Å². The fraction of sp³-hybridized carbons (Fsp3) is 1.00. The third-order valence-corrected chi connectivity index (χ3v) is 39.7. The van der Waals surface area contributed by atoms with Gasteiger partial charge in [-0.15, -0.1) is 0 Å². The summed E-state index contributed by atoms with van der Waals surface area (Å²) in [6.45, 7) is 49.0. The van der Waals surface area contributed by atoms with Gasteiger partial charge in [-0.2, -0.15) is 0 Å². The fourth-order valence-electron chi connectivity index (χ4n) is 7.80. The summed E-state index contributed by atoms with van der Waals surface area (Å²) in [5, 5.41) is 0. The summed E-state index contributed by atoms with van der Waals surface area (Å²) in [5.41, 5.74) is -3.85. The first-order chi connectivity index (χ1) is 28.3. The first kappa shape index (κ1) is 65.0. The zero-order chi connectivity index (χ0) is 48.5. The molecule has 0 amide bonds. The molecule has 0 radical (unpaired) electrons. The van der Waals surface area contributed by atoms with Gasteiger partial charge in [0, 0.05) is 37.3 Å². The Morgan fingerprint density at radius 2 is 0.452 bits per heavy atom. The van der Waals surface area contributed by atoms with E-state index < -0.39 is 132 Å². The van der Waals surface area contributed by atoms with Gasteiger partial charge in [0.05, 0.1) is 0 Å². The van der Waals surface area contributed by atoms with Gasteiger partial charge in [0.15, 0.2) is 81.4 Å². The van der Waals surface area contributed by atoms with Crippen LogP contribution in [0.15, 0.2) is 0 Å². The van der Waals surface area contributed by atoms with Crippen LogP contribution in [-0.2, 0) is 52.2 Å². The van der Waals surface area contributed by atoms with Crippen LogP contribution in [0.3, 0.4) is 0 Å². The Morgan fingerprint density at radius 1 is 0.306 bits per heavy atom. The van der Waals surface area contributed by atoms with Crippen molar-refractivity contribution in [1.82, 2.24) is 0 Å².